The average molecular weight is 301 g/mol. The number of aromatic nitrogens is 3. The number of rotatable bonds is 4. The van der Waals surface area contributed by atoms with Crippen molar-refractivity contribution in [3.05, 3.63) is 57.7 Å². The maximum Gasteiger partial charge on any atom is 0.264 e. The molecule has 6 heteroatoms. The van der Waals surface area contributed by atoms with Crippen LogP contribution in [0.3, 0.4) is 0 Å². The number of nitrogens with zero attached hydrogens (tertiary/aromatic N) is 3. The number of benzene rings is 1. The summed E-state index contributed by atoms with van der Waals surface area (Å²) < 4.78 is 20.4. The second-order valence-electron chi connectivity index (χ2n) is 5.28. The van der Waals surface area contributed by atoms with Crippen LogP contribution in [0.2, 0.25) is 0 Å². The molecule has 0 saturated heterocycles. The molecule has 22 heavy (non-hydrogen) atoms. The average Bonchev–Trinajstić information content (AvgIpc) is 2.81. The predicted octanol–water partition coefficient (Wildman–Crippen LogP) is 2.77. The van der Waals surface area contributed by atoms with E-state index < -0.39 is 5.82 Å². The van der Waals surface area contributed by atoms with Crippen LogP contribution in [0.5, 0.6) is 0 Å². The van der Waals surface area contributed by atoms with Gasteiger partial charge in [0, 0.05) is 12.1 Å². The Kier molecular flexibility index (Phi) is 3.75. The molecule has 0 aliphatic heterocycles. The molecule has 5 nitrogen and oxygen atoms in total. The molecule has 2 aromatic heterocycles. The molecule has 0 aliphatic carbocycles. The van der Waals surface area contributed by atoms with Crippen molar-refractivity contribution in [3.63, 3.8) is 0 Å². The predicted molar refractivity (Wildman–Crippen MR) is 80.3 cm³/mol. The molecule has 1 aromatic carbocycles. The molecule has 0 radical (unpaired) electrons. The molecule has 0 aliphatic rings. The van der Waals surface area contributed by atoms with Crippen LogP contribution in [0.15, 0.2) is 33.8 Å². The van der Waals surface area contributed by atoms with Gasteiger partial charge in [-0.05, 0) is 38.8 Å². The van der Waals surface area contributed by atoms with Crippen LogP contribution in [-0.4, -0.2) is 14.7 Å². The quantitative estimate of drug-likeness (QED) is 0.743. The van der Waals surface area contributed by atoms with Gasteiger partial charge in [-0.3, -0.25) is 9.36 Å². The Labute approximate surface area is 126 Å². The summed E-state index contributed by atoms with van der Waals surface area (Å²) in [6.45, 7) is 4.24. The van der Waals surface area contributed by atoms with E-state index in [1.807, 2.05) is 13.8 Å². The summed E-state index contributed by atoms with van der Waals surface area (Å²) in [5.41, 5.74) is 1.97. The van der Waals surface area contributed by atoms with Crippen LogP contribution >= 0.6 is 0 Å². The van der Waals surface area contributed by atoms with Crippen LogP contribution in [0.1, 0.15) is 23.4 Å². The topological polar surface area (TPSA) is 60.9 Å². The van der Waals surface area contributed by atoms with Gasteiger partial charge in [0.05, 0.1) is 17.5 Å². The Hall–Kier alpha value is -2.50. The highest BCUT2D eigenvalue weighted by Gasteiger charge is 2.11. The van der Waals surface area contributed by atoms with Crippen molar-refractivity contribution in [2.75, 3.05) is 0 Å². The maximum atomic E-state index is 13.8. The number of hydrogen-bond donors (Lipinski definition) is 0. The summed E-state index contributed by atoms with van der Waals surface area (Å²) >= 11 is 0. The molecule has 2 heterocycles. The summed E-state index contributed by atoms with van der Waals surface area (Å²) in [6.07, 6.45) is 2.95. The summed E-state index contributed by atoms with van der Waals surface area (Å²) in [6, 6.07) is 4.46. The van der Waals surface area contributed by atoms with Gasteiger partial charge < -0.3 is 4.52 Å². The smallest absolute Gasteiger partial charge is 0.264 e. The van der Waals surface area contributed by atoms with Crippen LogP contribution in [0.4, 0.5) is 4.39 Å². The van der Waals surface area contributed by atoms with Gasteiger partial charge in [0.15, 0.2) is 0 Å². The fourth-order valence-corrected chi connectivity index (χ4v) is 2.60. The van der Waals surface area contributed by atoms with Gasteiger partial charge in [-0.1, -0.05) is 11.2 Å². The molecule has 0 spiro atoms. The van der Waals surface area contributed by atoms with Gasteiger partial charge in [-0.15, -0.1) is 0 Å². The molecule has 0 N–H and O–H groups in total. The molecule has 0 fully saturated rings. The van der Waals surface area contributed by atoms with Crippen molar-refractivity contribution in [2.24, 2.45) is 0 Å². The highest BCUT2D eigenvalue weighted by atomic mass is 19.1. The van der Waals surface area contributed by atoms with E-state index >= 15 is 0 Å². The third-order valence-corrected chi connectivity index (χ3v) is 3.81. The highest BCUT2D eigenvalue weighted by molar-refractivity contribution is 5.77. The first-order chi connectivity index (χ1) is 10.6. The van der Waals surface area contributed by atoms with E-state index in [-0.39, 0.29) is 10.9 Å². The lowest BCUT2D eigenvalue weighted by atomic mass is 10.1. The Morgan fingerprint density at radius 1 is 1.32 bits per heavy atom. The fraction of sp³-hybridized carbons (Fsp3) is 0.312. The molecule has 0 bridgehead atoms. The van der Waals surface area contributed by atoms with E-state index in [9.17, 15) is 9.18 Å². The highest BCUT2D eigenvalue weighted by Crippen LogP contribution is 2.15. The van der Waals surface area contributed by atoms with Crippen molar-refractivity contribution < 1.29 is 8.91 Å². The van der Waals surface area contributed by atoms with Gasteiger partial charge in [0.25, 0.3) is 5.56 Å². The Balaban J connectivity index is 1.82. The monoisotopic (exact) mass is 301 g/mol. The minimum atomic E-state index is -0.532. The molecular formula is C16H16FN3O2. The Bertz CT molecular complexity index is 863. The van der Waals surface area contributed by atoms with Gasteiger partial charge in [-0.25, -0.2) is 9.37 Å². The number of aryl methyl sites for hydroxylation is 3. The minimum Gasteiger partial charge on any atom is -0.361 e. The molecule has 0 atom stereocenters. The van der Waals surface area contributed by atoms with E-state index in [0.717, 1.165) is 29.9 Å². The molecule has 0 unspecified atom stereocenters. The number of fused-ring (bicyclic) bond motifs is 1. The van der Waals surface area contributed by atoms with E-state index in [0.29, 0.717) is 12.1 Å². The standard InChI is InChI=1S/C16H16FN3O2/c1-10-12(11(2)22-19-10)5-4-8-20-9-18-14-7-3-6-13(17)15(14)16(20)21/h3,6-7,9H,4-5,8H2,1-2H3. The molecule has 114 valence electrons. The Morgan fingerprint density at radius 2 is 2.14 bits per heavy atom. The van der Waals surface area contributed by atoms with Crippen LogP contribution in [-0.2, 0) is 13.0 Å². The van der Waals surface area contributed by atoms with Crippen molar-refractivity contribution >= 4 is 10.9 Å². The second-order valence-corrected chi connectivity index (χ2v) is 5.28. The molecule has 0 saturated carbocycles. The summed E-state index contributed by atoms with van der Waals surface area (Å²) in [5, 5.41) is 3.95. The lowest BCUT2D eigenvalue weighted by molar-refractivity contribution is 0.392. The normalized spacial score (nSPS) is 11.2. The van der Waals surface area contributed by atoms with Crippen molar-refractivity contribution in [2.45, 2.75) is 33.2 Å². The van der Waals surface area contributed by atoms with E-state index in [2.05, 4.69) is 10.1 Å². The van der Waals surface area contributed by atoms with E-state index in [1.165, 1.54) is 17.0 Å². The Morgan fingerprint density at radius 3 is 2.86 bits per heavy atom. The van der Waals surface area contributed by atoms with E-state index in [1.54, 1.807) is 12.1 Å². The second kappa shape index (κ2) is 5.71. The zero-order chi connectivity index (χ0) is 15.7. The van der Waals surface area contributed by atoms with Gasteiger partial charge in [0.1, 0.15) is 17.0 Å². The summed E-state index contributed by atoms with van der Waals surface area (Å²) in [4.78, 5) is 16.5. The van der Waals surface area contributed by atoms with E-state index in [4.69, 9.17) is 4.52 Å². The summed E-state index contributed by atoms with van der Waals surface area (Å²) in [5.74, 6) is 0.266. The van der Waals surface area contributed by atoms with Crippen molar-refractivity contribution in [1.82, 2.24) is 14.7 Å². The lowest BCUT2D eigenvalue weighted by Gasteiger charge is -2.07. The van der Waals surface area contributed by atoms with Crippen LogP contribution in [0, 0.1) is 19.7 Å². The lowest BCUT2D eigenvalue weighted by Crippen LogP contribution is -2.21. The zero-order valence-corrected chi connectivity index (χ0v) is 12.5. The van der Waals surface area contributed by atoms with Gasteiger partial charge in [-0.2, -0.15) is 0 Å². The molecule has 3 aromatic rings. The first-order valence-electron chi connectivity index (χ1n) is 7.13. The summed E-state index contributed by atoms with van der Waals surface area (Å²) in [7, 11) is 0. The van der Waals surface area contributed by atoms with Crippen LogP contribution < -0.4 is 5.56 Å². The zero-order valence-electron chi connectivity index (χ0n) is 12.5. The van der Waals surface area contributed by atoms with Crippen LogP contribution in [0.25, 0.3) is 10.9 Å². The van der Waals surface area contributed by atoms with Crippen molar-refractivity contribution in [1.29, 1.82) is 0 Å². The van der Waals surface area contributed by atoms with Crippen molar-refractivity contribution in [3.8, 4) is 0 Å². The minimum absolute atomic E-state index is 0.0438. The number of halogens is 1. The SMILES string of the molecule is Cc1noc(C)c1CCCn1cnc2cccc(F)c2c1=O. The van der Waals surface area contributed by atoms with Gasteiger partial charge >= 0.3 is 0 Å². The first-order valence-corrected chi connectivity index (χ1v) is 7.13. The third kappa shape index (κ3) is 2.52. The fourth-order valence-electron chi connectivity index (χ4n) is 2.60. The maximum absolute atomic E-state index is 13.8. The number of hydrogen-bond acceptors (Lipinski definition) is 4. The molecule has 3 rings (SSSR count). The first kappa shape index (κ1) is 14.4. The third-order valence-electron chi connectivity index (χ3n) is 3.81. The molecule has 0 amide bonds. The van der Waals surface area contributed by atoms with Gasteiger partial charge in [0.2, 0.25) is 0 Å². The largest absolute Gasteiger partial charge is 0.361 e. The molecular weight excluding hydrogens is 285 g/mol.